The van der Waals surface area contributed by atoms with Crippen molar-refractivity contribution in [3.63, 3.8) is 0 Å². The van der Waals surface area contributed by atoms with E-state index < -0.39 is 0 Å². The number of fused-ring (bicyclic) bond motifs is 6. The van der Waals surface area contributed by atoms with E-state index in [1.165, 1.54) is 128 Å². The highest BCUT2D eigenvalue weighted by Gasteiger charge is 2.57. The smallest absolute Gasteiger partial charge is 0.00961 e. The maximum atomic E-state index is 2.88. The van der Waals surface area contributed by atoms with Gasteiger partial charge >= 0.3 is 0 Å². The largest absolute Gasteiger partial charge is 0.0622 e. The fourth-order valence-electron chi connectivity index (χ4n) is 14.9. The first-order valence-electron chi connectivity index (χ1n) is 22.1. The molecule has 0 heteroatoms. The van der Waals surface area contributed by atoms with Gasteiger partial charge in [-0.15, -0.1) is 0 Å². The first kappa shape index (κ1) is 32.3. The molecule has 0 N–H and O–H groups in total. The zero-order chi connectivity index (χ0) is 33.0. The van der Waals surface area contributed by atoms with E-state index in [1.54, 1.807) is 22.3 Å². The highest BCUT2D eigenvalue weighted by atomic mass is 14.6. The second-order valence-electron chi connectivity index (χ2n) is 19.0. The molecule has 0 aromatic heterocycles. The first-order valence-corrected chi connectivity index (χ1v) is 22.1. The van der Waals surface area contributed by atoms with Crippen molar-refractivity contribution < 1.29 is 0 Å². The molecule has 9 unspecified atom stereocenters. The van der Waals surface area contributed by atoms with E-state index in [0.29, 0.717) is 11.8 Å². The standard InChI is InChI=1S/C50H64/c1-5-15-33(16-6-1)42-28-39-30-46-47(31-40(39)29-43(42)34-17-7-2-8-18-34)50(37-22-11-4-12-23-37)48-32-44-38(26-25-35-19-13-14-24-41(35)44)27-45(48)49(46)36-20-9-3-10-21-36/h3-4,9-12,20-23,28-29,33-35,38,41,44-50H,1-2,5-8,13-19,24-27,30-32H2/t35?,38?,41?,44-,45?,46?,47?,48?,49?,50?/m0/s1. The van der Waals surface area contributed by atoms with Crippen molar-refractivity contribution in [2.24, 2.45) is 47.3 Å². The lowest BCUT2D eigenvalue weighted by Crippen LogP contribution is -2.53. The van der Waals surface area contributed by atoms with Crippen LogP contribution in [0.15, 0.2) is 72.8 Å². The Balaban J connectivity index is 1.09. The highest BCUT2D eigenvalue weighted by molar-refractivity contribution is 5.46. The van der Waals surface area contributed by atoms with E-state index in [2.05, 4.69) is 72.8 Å². The summed E-state index contributed by atoms with van der Waals surface area (Å²) in [5.74, 6) is 10.2. The van der Waals surface area contributed by atoms with Crippen molar-refractivity contribution in [1.82, 2.24) is 0 Å². The van der Waals surface area contributed by atoms with Gasteiger partial charge in [-0.3, -0.25) is 0 Å². The average molecular weight is 665 g/mol. The molecule has 0 radical (unpaired) electrons. The molecule has 10 rings (SSSR count). The van der Waals surface area contributed by atoms with Crippen LogP contribution in [0.5, 0.6) is 0 Å². The van der Waals surface area contributed by atoms with Crippen molar-refractivity contribution in [3.8, 4) is 0 Å². The lowest BCUT2D eigenvalue weighted by molar-refractivity contribution is -0.0661. The molecule has 264 valence electrons. The summed E-state index contributed by atoms with van der Waals surface area (Å²) < 4.78 is 0. The molecule has 0 nitrogen and oxygen atoms in total. The molecule has 6 fully saturated rings. The third-order valence-corrected chi connectivity index (χ3v) is 16.9. The number of benzene rings is 3. The molecule has 7 aliphatic carbocycles. The Hall–Kier alpha value is -2.34. The van der Waals surface area contributed by atoms with Crippen LogP contribution in [-0.4, -0.2) is 0 Å². The van der Waals surface area contributed by atoms with Gasteiger partial charge in [-0.25, -0.2) is 0 Å². The van der Waals surface area contributed by atoms with Gasteiger partial charge in [0.05, 0.1) is 0 Å². The third-order valence-electron chi connectivity index (χ3n) is 16.9. The van der Waals surface area contributed by atoms with Crippen LogP contribution < -0.4 is 0 Å². The Labute approximate surface area is 304 Å². The van der Waals surface area contributed by atoms with Gasteiger partial charge in [-0.2, -0.15) is 0 Å². The van der Waals surface area contributed by atoms with E-state index >= 15 is 0 Å². The van der Waals surface area contributed by atoms with E-state index in [9.17, 15) is 0 Å². The molecule has 7 aliphatic rings. The van der Waals surface area contributed by atoms with E-state index in [4.69, 9.17) is 0 Å². The van der Waals surface area contributed by atoms with Crippen molar-refractivity contribution >= 4 is 0 Å². The Morgan fingerprint density at radius 1 is 0.360 bits per heavy atom. The quantitative estimate of drug-likeness (QED) is 0.260. The summed E-state index contributed by atoms with van der Waals surface area (Å²) in [6, 6.07) is 30.0. The minimum absolute atomic E-state index is 0.709. The fraction of sp³-hybridized carbons (Fsp3) is 0.640. The maximum Gasteiger partial charge on any atom is -0.00961 e. The van der Waals surface area contributed by atoms with Gasteiger partial charge in [0, 0.05) is 0 Å². The summed E-state index contributed by atoms with van der Waals surface area (Å²) in [6.45, 7) is 0. The van der Waals surface area contributed by atoms with Gasteiger partial charge < -0.3 is 0 Å². The average Bonchev–Trinajstić information content (AvgIpc) is 3.19. The molecule has 0 heterocycles. The fourth-order valence-corrected chi connectivity index (χ4v) is 14.9. The molecular weight excluding hydrogens is 601 g/mol. The van der Waals surface area contributed by atoms with Gasteiger partial charge in [0.15, 0.2) is 0 Å². The zero-order valence-electron chi connectivity index (χ0n) is 31.0. The second-order valence-corrected chi connectivity index (χ2v) is 19.0. The van der Waals surface area contributed by atoms with E-state index in [0.717, 1.165) is 59.2 Å². The van der Waals surface area contributed by atoms with Crippen molar-refractivity contribution in [1.29, 1.82) is 0 Å². The SMILES string of the molecule is c1ccc(C2C3Cc4cc(C5CCCCC5)c(C5CCCCC5)cc4CC3C(c3ccccc3)C3C[C@H]4C(CCC5CCCCC54)CC32)cc1. The topological polar surface area (TPSA) is 0 Å². The Morgan fingerprint density at radius 2 is 0.840 bits per heavy atom. The predicted octanol–water partition coefficient (Wildman–Crippen LogP) is 13.6. The predicted molar refractivity (Wildman–Crippen MR) is 209 cm³/mol. The summed E-state index contributed by atoms with van der Waals surface area (Å²) in [5, 5.41) is 0. The minimum atomic E-state index is 0.709. The zero-order valence-corrected chi connectivity index (χ0v) is 31.0. The second kappa shape index (κ2) is 13.9. The molecule has 50 heavy (non-hydrogen) atoms. The van der Waals surface area contributed by atoms with E-state index in [1.807, 2.05) is 11.1 Å². The number of hydrogen-bond donors (Lipinski definition) is 0. The van der Waals surface area contributed by atoms with Crippen LogP contribution in [0.2, 0.25) is 0 Å². The minimum Gasteiger partial charge on any atom is -0.0622 e. The summed E-state index contributed by atoms with van der Waals surface area (Å²) in [6.07, 6.45) is 29.2. The lowest BCUT2D eigenvalue weighted by Gasteiger charge is -2.61. The highest BCUT2D eigenvalue weighted by Crippen LogP contribution is 2.66. The molecule has 0 spiro atoms. The number of rotatable bonds is 4. The van der Waals surface area contributed by atoms with Crippen LogP contribution in [-0.2, 0) is 12.8 Å². The molecule has 3 aromatic rings. The molecule has 0 saturated heterocycles. The molecule has 3 aromatic carbocycles. The normalized spacial score (nSPS) is 37.4. The van der Waals surface area contributed by atoms with Gasteiger partial charge in [0.1, 0.15) is 0 Å². The Kier molecular flexibility index (Phi) is 8.98. The molecule has 0 amide bonds. The van der Waals surface area contributed by atoms with Gasteiger partial charge in [-0.1, -0.05) is 131 Å². The Morgan fingerprint density at radius 3 is 1.40 bits per heavy atom. The van der Waals surface area contributed by atoms with Gasteiger partial charge in [-0.05, 0) is 175 Å². The molecular formula is C50H64. The van der Waals surface area contributed by atoms with Crippen LogP contribution in [0.1, 0.15) is 173 Å². The maximum absolute atomic E-state index is 2.88. The number of hydrogen-bond acceptors (Lipinski definition) is 0. The van der Waals surface area contributed by atoms with Crippen molar-refractivity contribution in [3.05, 3.63) is 106 Å². The van der Waals surface area contributed by atoms with Crippen LogP contribution in [0.25, 0.3) is 0 Å². The van der Waals surface area contributed by atoms with Gasteiger partial charge in [0.25, 0.3) is 0 Å². The molecule has 0 aliphatic heterocycles. The van der Waals surface area contributed by atoms with Crippen molar-refractivity contribution in [2.75, 3.05) is 0 Å². The summed E-state index contributed by atoms with van der Waals surface area (Å²) in [5.41, 5.74) is 10.6. The monoisotopic (exact) mass is 665 g/mol. The molecule has 0 bridgehead atoms. The van der Waals surface area contributed by atoms with Crippen molar-refractivity contribution in [2.45, 2.75) is 152 Å². The van der Waals surface area contributed by atoms with Gasteiger partial charge in [0.2, 0.25) is 0 Å². The lowest BCUT2D eigenvalue weighted by atomic mass is 9.44. The third kappa shape index (κ3) is 5.77. The van der Waals surface area contributed by atoms with E-state index in [-0.39, 0.29) is 0 Å². The summed E-state index contributed by atoms with van der Waals surface area (Å²) in [4.78, 5) is 0. The van der Waals surface area contributed by atoms with Crippen LogP contribution in [0, 0.1) is 47.3 Å². The Bertz CT molecular complexity index is 1590. The van der Waals surface area contributed by atoms with Crippen LogP contribution in [0.4, 0.5) is 0 Å². The molecule has 6 saturated carbocycles. The summed E-state index contributed by atoms with van der Waals surface area (Å²) >= 11 is 0. The van der Waals surface area contributed by atoms with Crippen LogP contribution >= 0.6 is 0 Å². The summed E-state index contributed by atoms with van der Waals surface area (Å²) in [7, 11) is 0. The van der Waals surface area contributed by atoms with Crippen LogP contribution in [0.3, 0.4) is 0 Å². The first-order chi connectivity index (χ1) is 24.8. The molecule has 10 atom stereocenters.